The van der Waals surface area contributed by atoms with Crippen molar-refractivity contribution in [2.45, 2.75) is 6.92 Å². The Hall–Kier alpha value is -2.36. The minimum Gasteiger partial charge on any atom is -0.514 e. The van der Waals surface area contributed by atoms with Gasteiger partial charge in [0.05, 0.1) is 0 Å². The van der Waals surface area contributed by atoms with Crippen LogP contribution in [0.4, 0.5) is 0 Å². The van der Waals surface area contributed by atoms with Gasteiger partial charge in [0.2, 0.25) is 0 Å². The van der Waals surface area contributed by atoms with E-state index in [0.717, 1.165) is 16.1 Å². The van der Waals surface area contributed by atoms with Crippen molar-refractivity contribution in [3.63, 3.8) is 0 Å². The van der Waals surface area contributed by atoms with Crippen LogP contribution in [0.3, 0.4) is 0 Å². The third kappa shape index (κ3) is 3.36. The van der Waals surface area contributed by atoms with Crippen molar-refractivity contribution in [1.82, 2.24) is 0 Å². The summed E-state index contributed by atoms with van der Waals surface area (Å²) in [6.45, 7) is 2.62. The monoisotopic (exact) mass is 320 g/mol. The topological polar surface area (TPSA) is 18.5 Å². The number of para-hydroxylation sites is 1. The molecule has 3 aromatic carbocycles. The molecule has 0 spiro atoms. The minimum absolute atomic E-state index is 0.600. The molecule has 0 saturated heterocycles. The molecule has 0 amide bonds. The summed E-state index contributed by atoms with van der Waals surface area (Å²) in [6, 6.07) is 30.5. The maximum Gasteiger partial charge on any atom is 0.468 e. The number of hydrogen-bond donors (Lipinski definition) is 0. The Labute approximate surface area is 138 Å². The second-order valence-electron chi connectivity index (χ2n) is 5.20. The fraction of sp³-hybridized carbons (Fsp3) is 0.100. The van der Waals surface area contributed by atoms with Crippen molar-refractivity contribution in [2.24, 2.45) is 0 Å². The van der Waals surface area contributed by atoms with Crippen LogP contribution < -0.4 is 14.8 Å². The van der Waals surface area contributed by atoms with Crippen molar-refractivity contribution in [3.8, 4) is 5.75 Å². The summed E-state index contributed by atoms with van der Waals surface area (Å²) in [4.78, 5) is 0. The number of rotatable bonds is 6. The molecule has 2 nitrogen and oxygen atoms in total. The van der Waals surface area contributed by atoms with E-state index in [9.17, 15) is 0 Å². The molecule has 3 heteroatoms. The van der Waals surface area contributed by atoms with E-state index in [1.54, 1.807) is 0 Å². The maximum absolute atomic E-state index is 6.53. The molecular weight excluding hydrogens is 300 g/mol. The van der Waals surface area contributed by atoms with E-state index in [1.165, 1.54) is 0 Å². The van der Waals surface area contributed by atoms with E-state index >= 15 is 0 Å². The molecule has 116 valence electrons. The molecule has 0 radical (unpaired) electrons. The van der Waals surface area contributed by atoms with Crippen LogP contribution in [-0.4, -0.2) is 15.2 Å². The molecule has 0 atom stereocenters. The van der Waals surface area contributed by atoms with Crippen LogP contribution >= 0.6 is 0 Å². The molecule has 3 aromatic rings. The summed E-state index contributed by atoms with van der Waals surface area (Å²) in [5.74, 6) is 0.834. The van der Waals surface area contributed by atoms with E-state index in [-0.39, 0.29) is 0 Å². The SMILES string of the molecule is CCO[Si](Oc1ccccc1)(c1ccccc1)c1ccccc1. The van der Waals surface area contributed by atoms with Gasteiger partial charge in [0, 0.05) is 17.0 Å². The Bertz CT molecular complexity index is 675. The number of benzene rings is 3. The first-order valence-corrected chi connectivity index (χ1v) is 9.66. The van der Waals surface area contributed by atoms with Gasteiger partial charge in [0.25, 0.3) is 0 Å². The summed E-state index contributed by atoms with van der Waals surface area (Å²) in [5.41, 5.74) is 0. The van der Waals surface area contributed by atoms with Crippen LogP contribution in [0.2, 0.25) is 0 Å². The summed E-state index contributed by atoms with van der Waals surface area (Å²) >= 11 is 0. The van der Waals surface area contributed by atoms with Crippen LogP contribution in [-0.2, 0) is 4.43 Å². The summed E-state index contributed by atoms with van der Waals surface area (Å²) < 4.78 is 12.9. The zero-order valence-corrected chi connectivity index (χ0v) is 14.2. The molecule has 0 aliphatic carbocycles. The zero-order valence-electron chi connectivity index (χ0n) is 13.2. The molecule has 0 heterocycles. The first kappa shape index (κ1) is 15.5. The van der Waals surface area contributed by atoms with Crippen LogP contribution in [0.25, 0.3) is 0 Å². The highest BCUT2D eigenvalue weighted by Crippen LogP contribution is 2.17. The van der Waals surface area contributed by atoms with E-state index < -0.39 is 8.56 Å². The molecule has 0 fully saturated rings. The van der Waals surface area contributed by atoms with Gasteiger partial charge >= 0.3 is 8.56 Å². The van der Waals surface area contributed by atoms with Crippen LogP contribution in [0.1, 0.15) is 6.92 Å². The van der Waals surface area contributed by atoms with Gasteiger partial charge in [-0.25, -0.2) is 0 Å². The third-order valence-electron chi connectivity index (χ3n) is 3.66. The number of hydrogen-bond acceptors (Lipinski definition) is 2. The van der Waals surface area contributed by atoms with Crippen molar-refractivity contribution < 1.29 is 8.85 Å². The van der Waals surface area contributed by atoms with Crippen molar-refractivity contribution >= 4 is 18.9 Å². The molecule has 0 unspecified atom stereocenters. The lowest BCUT2D eigenvalue weighted by molar-refractivity contribution is 0.277. The molecular formula is C20H20O2Si. The maximum atomic E-state index is 6.53. The molecule has 0 aliphatic rings. The van der Waals surface area contributed by atoms with Crippen molar-refractivity contribution in [1.29, 1.82) is 0 Å². The molecule has 0 saturated carbocycles. The lowest BCUT2D eigenvalue weighted by Crippen LogP contribution is -2.65. The summed E-state index contributed by atoms with van der Waals surface area (Å²) in [6.07, 6.45) is 0. The smallest absolute Gasteiger partial charge is 0.468 e. The molecule has 0 bridgehead atoms. The lowest BCUT2D eigenvalue weighted by Gasteiger charge is -2.31. The molecule has 3 rings (SSSR count). The third-order valence-corrected chi connectivity index (χ3v) is 7.07. The highest BCUT2D eigenvalue weighted by molar-refractivity contribution is 6.93. The Morgan fingerprint density at radius 1 is 0.652 bits per heavy atom. The van der Waals surface area contributed by atoms with Crippen molar-refractivity contribution in [2.75, 3.05) is 6.61 Å². The van der Waals surface area contributed by atoms with Gasteiger partial charge in [-0.2, -0.15) is 0 Å². The first-order valence-electron chi connectivity index (χ1n) is 7.84. The highest BCUT2D eigenvalue weighted by Gasteiger charge is 2.44. The van der Waals surface area contributed by atoms with E-state index in [1.807, 2.05) is 73.7 Å². The van der Waals surface area contributed by atoms with Crippen LogP contribution in [0.15, 0.2) is 91.0 Å². The summed E-state index contributed by atoms with van der Waals surface area (Å²) in [5, 5.41) is 2.22. The summed E-state index contributed by atoms with van der Waals surface area (Å²) in [7, 11) is -2.79. The first-order chi connectivity index (χ1) is 11.3. The van der Waals surface area contributed by atoms with Gasteiger partial charge in [-0.05, 0) is 19.1 Å². The average Bonchev–Trinajstić information content (AvgIpc) is 2.64. The molecule has 0 aliphatic heterocycles. The fourth-order valence-corrected chi connectivity index (χ4v) is 5.75. The normalized spacial score (nSPS) is 11.2. The van der Waals surface area contributed by atoms with Gasteiger partial charge in [-0.15, -0.1) is 0 Å². The largest absolute Gasteiger partial charge is 0.514 e. The second kappa shape index (κ2) is 7.27. The van der Waals surface area contributed by atoms with Crippen LogP contribution in [0.5, 0.6) is 5.75 Å². The van der Waals surface area contributed by atoms with Gasteiger partial charge in [0.1, 0.15) is 5.75 Å². The predicted octanol–water partition coefficient (Wildman–Crippen LogP) is 3.36. The fourth-order valence-electron chi connectivity index (χ4n) is 2.65. The Morgan fingerprint density at radius 2 is 1.09 bits per heavy atom. The average molecular weight is 320 g/mol. The molecule has 0 aromatic heterocycles. The lowest BCUT2D eigenvalue weighted by atomic mass is 10.3. The quantitative estimate of drug-likeness (QED) is 0.649. The Morgan fingerprint density at radius 3 is 1.52 bits per heavy atom. The van der Waals surface area contributed by atoms with E-state index in [0.29, 0.717) is 6.61 Å². The van der Waals surface area contributed by atoms with Crippen LogP contribution in [0, 0.1) is 0 Å². The van der Waals surface area contributed by atoms with Gasteiger partial charge in [-0.1, -0.05) is 78.9 Å². The van der Waals surface area contributed by atoms with E-state index in [4.69, 9.17) is 8.85 Å². The van der Waals surface area contributed by atoms with Gasteiger partial charge in [0.15, 0.2) is 0 Å². The predicted molar refractivity (Wildman–Crippen MR) is 96.6 cm³/mol. The molecule has 0 N–H and O–H groups in total. The second-order valence-corrected chi connectivity index (χ2v) is 8.08. The van der Waals surface area contributed by atoms with Gasteiger partial charge in [-0.3, -0.25) is 0 Å². The highest BCUT2D eigenvalue weighted by atomic mass is 28.4. The Balaban J connectivity index is 2.14. The zero-order chi connectivity index (χ0) is 16.0. The standard InChI is InChI=1S/C20H20O2Si/c1-2-21-23(19-14-8-4-9-15-19,20-16-10-5-11-17-20)22-18-12-6-3-7-13-18/h3-17H,2H2,1H3. The van der Waals surface area contributed by atoms with Gasteiger partial charge < -0.3 is 8.85 Å². The Kier molecular flexibility index (Phi) is 4.91. The minimum atomic E-state index is -2.79. The molecule has 23 heavy (non-hydrogen) atoms. The van der Waals surface area contributed by atoms with Crippen molar-refractivity contribution in [3.05, 3.63) is 91.0 Å². The van der Waals surface area contributed by atoms with E-state index in [2.05, 4.69) is 24.3 Å².